The Labute approximate surface area is 136 Å². The molecule has 1 saturated heterocycles. The minimum atomic E-state index is -0.153. The summed E-state index contributed by atoms with van der Waals surface area (Å²) in [4.78, 5) is 5.99. The molecule has 1 aromatic carbocycles. The number of benzene rings is 1. The molecular formula is C16H20N6O. The third kappa shape index (κ3) is 5.68. The minimum absolute atomic E-state index is 0.153. The van der Waals surface area contributed by atoms with Gasteiger partial charge in [0.1, 0.15) is 0 Å². The molecule has 0 aromatic heterocycles. The summed E-state index contributed by atoms with van der Waals surface area (Å²) in [7, 11) is 0. The van der Waals surface area contributed by atoms with E-state index in [9.17, 15) is 5.26 Å². The van der Waals surface area contributed by atoms with Crippen LogP contribution in [0.25, 0.3) is 0 Å². The highest BCUT2D eigenvalue weighted by Crippen LogP contribution is 2.03. The minimum Gasteiger partial charge on any atom is -0.379 e. The number of morpholine rings is 1. The lowest BCUT2D eigenvalue weighted by Crippen LogP contribution is -2.45. The van der Waals surface area contributed by atoms with E-state index in [4.69, 9.17) is 10.00 Å². The van der Waals surface area contributed by atoms with Gasteiger partial charge in [-0.25, -0.2) is 5.43 Å². The number of aliphatic imine (C=N–C) groups is 1. The van der Waals surface area contributed by atoms with E-state index in [2.05, 4.69) is 26.8 Å². The highest BCUT2D eigenvalue weighted by molar-refractivity contribution is 5.98. The summed E-state index contributed by atoms with van der Waals surface area (Å²) >= 11 is 0. The molecule has 0 spiro atoms. The number of amidine groups is 1. The second-order valence-electron chi connectivity index (χ2n) is 5.17. The highest BCUT2D eigenvalue weighted by atomic mass is 16.5. The van der Waals surface area contributed by atoms with Crippen molar-refractivity contribution in [3.63, 3.8) is 0 Å². The SMILES string of the molecule is N#CN=C(NNCC(C#N)CN1CCOCC1)c1ccccc1. The van der Waals surface area contributed by atoms with E-state index in [1.54, 1.807) is 6.19 Å². The predicted molar refractivity (Wildman–Crippen MR) is 86.1 cm³/mol. The van der Waals surface area contributed by atoms with E-state index in [1.165, 1.54) is 0 Å². The molecule has 23 heavy (non-hydrogen) atoms. The van der Waals surface area contributed by atoms with Crippen molar-refractivity contribution in [3.05, 3.63) is 35.9 Å². The summed E-state index contributed by atoms with van der Waals surface area (Å²) in [5.41, 5.74) is 6.73. The Kier molecular flexibility index (Phi) is 7.02. The summed E-state index contributed by atoms with van der Waals surface area (Å²) in [6.45, 7) is 4.32. The molecule has 0 aliphatic carbocycles. The van der Waals surface area contributed by atoms with Crippen molar-refractivity contribution >= 4 is 5.84 Å². The third-order valence-electron chi connectivity index (χ3n) is 3.53. The number of hydrogen-bond donors (Lipinski definition) is 2. The van der Waals surface area contributed by atoms with Gasteiger partial charge in [-0.15, -0.1) is 0 Å². The van der Waals surface area contributed by atoms with Gasteiger partial charge in [0.05, 0.1) is 25.2 Å². The largest absolute Gasteiger partial charge is 0.379 e. The Bertz CT molecular complexity index is 583. The van der Waals surface area contributed by atoms with Crippen molar-refractivity contribution in [2.24, 2.45) is 10.9 Å². The molecule has 1 unspecified atom stereocenters. The second kappa shape index (κ2) is 9.54. The topological polar surface area (TPSA) is 96.5 Å². The summed E-state index contributed by atoms with van der Waals surface area (Å²) in [6, 6.07) is 11.7. The van der Waals surface area contributed by atoms with E-state index < -0.39 is 0 Å². The molecule has 0 radical (unpaired) electrons. The lowest BCUT2D eigenvalue weighted by Gasteiger charge is -2.28. The van der Waals surface area contributed by atoms with Crippen LogP contribution < -0.4 is 10.9 Å². The van der Waals surface area contributed by atoms with Crippen LogP contribution in [0.3, 0.4) is 0 Å². The van der Waals surface area contributed by atoms with Crippen molar-refractivity contribution in [3.8, 4) is 12.3 Å². The molecule has 1 aliphatic rings. The van der Waals surface area contributed by atoms with Gasteiger partial charge in [0.25, 0.3) is 0 Å². The molecule has 1 atom stereocenters. The summed E-state index contributed by atoms with van der Waals surface area (Å²) < 4.78 is 5.30. The maximum absolute atomic E-state index is 9.28. The molecule has 0 bridgehead atoms. The maximum Gasteiger partial charge on any atom is 0.207 e. The van der Waals surface area contributed by atoms with Gasteiger partial charge in [0.15, 0.2) is 5.84 Å². The number of hydrogen-bond acceptors (Lipinski definition) is 6. The van der Waals surface area contributed by atoms with Gasteiger partial charge >= 0.3 is 0 Å². The fraction of sp³-hybridized carbons (Fsp3) is 0.438. The van der Waals surface area contributed by atoms with Gasteiger partial charge in [-0.05, 0) is 0 Å². The van der Waals surface area contributed by atoms with Crippen molar-refractivity contribution in [2.45, 2.75) is 0 Å². The van der Waals surface area contributed by atoms with Crippen LogP contribution in [0.2, 0.25) is 0 Å². The first-order valence-electron chi connectivity index (χ1n) is 7.54. The molecule has 2 N–H and O–H groups in total. The first-order chi connectivity index (χ1) is 11.3. The number of rotatable bonds is 6. The van der Waals surface area contributed by atoms with Gasteiger partial charge in [-0.3, -0.25) is 4.90 Å². The normalized spacial score (nSPS) is 17.0. The molecule has 1 heterocycles. The Morgan fingerprint density at radius 3 is 2.65 bits per heavy atom. The van der Waals surface area contributed by atoms with Gasteiger partial charge in [-0.1, -0.05) is 30.3 Å². The fourth-order valence-corrected chi connectivity index (χ4v) is 2.32. The average Bonchev–Trinajstić information content (AvgIpc) is 2.61. The fourth-order valence-electron chi connectivity index (χ4n) is 2.32. The Balaban J connectivity index is 1.82. The van der Waals surface area contributed by atoms with Crippen LogP contribution in [0.5, 0.6) is 0 Å². The standard InChI is InChI=1S/C16H20N6O/c17-10-14(12-22-6-8-23-9-7-22)11-20-21-16(19-13-18)15-4-2-1-3-5-15/h1-5,14,20H,6-9,11-12H2,(H,19,21). The van der Waals surface area contributed by atoms with Crippen LogP contribution in [-0.2, 0) is 4.74 Å². The highest BCUT2D eigenvalue weighted by Gasteiger charge is 2.16. The lowest BCUT2D eigenvalue weighted by molar-refractivity contribution is 0.0337. The lowest BCUT2D eigenvalue weighted by atomic mass is 10.1. The van der Waals surface area contributed by atoms with Crippen LogP contribution in [0.1, 0.15) is 5.56 Å². The van der Waals surface area contributed by atoms with Gasteiger partial charge in [0.2, 0.25) is 6.19 Å². The van der Waals surface area contributed by atoms with Crippen LogP contribution in [0, 0.1) is 28.7 Å². The van der Waals surface area contributed by atoms with Crippen molar-refractivity contribution in [1.29, 1.82) is 10.5 Å². The summed E-state index contributed by atoms with van der Waals surface area (Å²) in [5, 5.41) is 18.1. The van der Waals surface area contributed by atoms with Crippen molar-refractivity contribution < 1.29 is 4.74 Å². The van der Waals surface area contributed by atoms with E-state index in [1.807, 2.05) is 30.3 Å². The number of hydrazine groups is 1. The number of ether oxygens (including phenoxy) is 1. The summed E-state index contributed by atoms with van der Waals surface area (Å²) in [6.07, 6.45) is 1.78. The molecule has 120 valence electrons. The second-order valence-corrected chi connectivity index (χ2v) is 5.17. The Morgan fingerprint density at radius 1 is 1.26 bits per heavy atom. The molecule has 0 amide bonds. The molecule has 1 aromatic rings. The van der Waals surface area contributed by atoms with E-state index in [-0.39, 0.29) is 5.92 Å². The van der Waals surface area contributed by atoms with Crippen LogP contribution in [-0.4, -0.2) is 50.1 Å². The van der Waals surface area contributed by atoms with E-state index in [0.717, 1.165) is 31.9 Å². The average molecular weight is 312 g/mol. The quantitative estimate of drug-likeness (QED) is 0.343. The van der Waals surface area contributed by atoms with Crippen LogP contribution in [0.15, 0.2) is 35.3 Å². The molecule has 2 rings (SSSR count). The number of nitrogens with one attached hydrogen (secondary N) is 2. The van der Waals surface area contributed by atoms with E-state index in [0.29, 0.717) is 18.9 Å². The number of nitriles is 2. The molecule has 1 aliphatic heterocycles. The maximum atomic E-state index is 9.28. The predicted octanol–water partition coefficient (Wildman–Crippen LogP) is 0.480. The van der Waals surface area contributed by atoms with Gasteiger partial charge < -0.3 is 10.2 Å². The Morgan fingerprint density at radius 2 is 2.00 bits per heavy atom. The summed E-state index contributed by atoms with van der Waals surface area (Å²) in [5.74, 6) is 0.288. The Hall–Kier alpha value is -2.45. The van der Waals surface area contributed by atoms with Crippen LogP contribution >= 0.6 is 0 Å². The zero-order chi connectivity index (χ0) is 16.3. The molecule has 7 nitrogen and oxygen atoms in total. The third-order valence-corrected chi connectivity index (χ3v) is 3.53. The zero-order valence-electron chi connectivity index (χ0n) is 12.9. The monoisotopic (exact) mass is 312 g/mol. The molecule has 7 heteroatoms. The smallest absolute Gasteiger partial charge is 0.207 e. The molecule has 1 fully saturated rings. The number of nitrogens with zero attached hydrogens (tertiary/aromatic N) is 4. The van der Waals surface area contributed by atoms with Crippen LogP contribution in [0.4, 0.5) is 0 Å². The first-order valence-corrected chi connectivity index (χ1v) is 7.54. The van der Waals surface area contributed by atoms with Crippen molar-refractivity contribution in [1.82, 2.24) is 15.8 Å². The van der Waals surface area contributed by atoms with Gasteiger partial charge in [0, 0.05) is 31.7 Å². The van der Waals surface area contributed by atoms with E-state index >= 15 is 0 Å². The van der Waals surface area contributed by atoms with Gasteiger partial charge in [-0.2, -0.15) is 15.5 Å². The molecule has 0 saturated carbocycles. The molecular weight excluding hydrogens is 292 g/mol. The van der Waals surface area contributed by atoms with Crippen molar-refractivity contribution in [2.75, 3.05) is 39.4 Å². The zero-order valence-corrected chi connectivity index (χ0v) is 12.9. The first kappa shape index (κ1) is 16.9.